The van der Waals surface area contributed by atoms with E-state index in [0.29, 0.717) is 13.0 Å². The lowest BCUT2D eigenvalue weighted by atomic mass is 9.93. The summed E-state index contributed by atoms with van der Waals surface area (Å²) in [7, 11) is 0. The molecule has 0 radical (unpaired) electrons. The molecule has 1 heterocycles. The molecule has 0 spiro atoms. The predicted octanol–water partition coefficient (Wildman–Crippen LogP) is 3.08. The van der Waals surface area contributed by atoms with E-state index in [0.717, 1.165) is 6.42 Å². The van der Waals surface area contributed by atoms with Crippen LogP contribution in [0, 0.1) is 5.92 Å². The van der Waals surface area contributed by atoms with Gasteiger partial charge in [0.1, 0.15) is 6.10 Å². The van der Waals surface area contributed by atoms with E-state index in [4.69, 9.17) is 9.47 Å². The van der Waals surface area contributed by atoms with Crippen LogP contribution in [0.5, 0.6) is 0 Å². The molecular weight excluding hydrogens is 306 g/mol. The van der Waals surface area contributed by atoms with Crippen LogP contribution in [-0.2, 0) is 14.3 Å². The van der Waals surface area contributed by atoms with E-state index >= 15 is 0 Å². The van der Waals surface area contributed by atoms with Crippen molar-refractivity contribution in [3.8, 4) is 0 Å². The molecular formula is C19H21NO4. The fraction of sp³-hybridized carbons (Fsp3) is 0.368. The summed E-state index contributed by atoms with van der Waals surface area (Å²) < 4.78 is 10.2. The molecule has 1 amide bonds. The highest BCUT2D eigenvalue weighted by Gasteiger charge is 2.42. The quantitative estimate of drug-likeness (QED) is 0.844. The largest absolute Gasteiger partial charge is 0.458 e. The number of carbonyl (C=O) groups excluding carboxylic acids is 2. The number of carbonyl (C=O) groups is 2. The topological polar surface area (TPSA) is 64.6 Å². The van der Waals surface area contributed by atoms with Gasteiger partial charge in [-0.15, -0.1) is 0 Å². The first-order valence-corrected chi connectivity index (χ1v) is 8.25. The average molecular weight is 327 g/mol. The summed E-state index contributed by atoms with van der Waals surface area (Å²) in [6.07, 6.45) is 6.95. The Morgan fingerprint density at radius 2 is 2.12 bits per heavy atom. The summed E-state index contributed by atoms with van der Waals surface area (Å²) >= 11 is 0. The number of esters is 1. The third-order valence-corrected chi connectivity index (χ3v) is 4.29. The molecule has 1 aromatic rings. The number of amides is 1. The van der Waals surface area contributed by atoms with Gasteiger partial charge in [0.05, 0.1) is 6.61 Å². The number of rotatable bonds is 5. The molecule has 0 saturated carbocycles. The lowest BCUT2D eigenvalue weighted by molar-refractivity contribution is -0.176. The molecule has 0 aromatic heterocycles. The van der Waals surface area contributed by atoms with Crippen LogP contribution in [0.4, 0.5) is 4.79 Å². The van der Waals surface area contributed by atoms with Crippen molar-refractivity contribution >= 4 is 17.6 Å². The Balaban J connectivity index is 1.44. The van der Waals surface area contributed by atoms with Gasteiger partial charge in [0.25, 0.3) is 0 Å². The lowest BCUT2D eigenvalue weighted by Gasteiger charge is -2.34. The molecule has 126 valence electrons. The van der Waals surface area contributed by atoms with Gasteiger partial charge in [0.15, 0.2) is 6.04 Å². The number of ether oxygens (including phenoxy) is 2. The van der Waals surface area contributed by atoms with E-state index in [1.165, 1.54) is 11.1 Å². The Kier molecular flexibility index (Phi) is 4.99. The van der Waals surface area contributed by atoms with E-state index in [1.807, 2.05) is 25.1 Å². The second-order valence-corrected chi connectivity index (χ2v) is 5.98. The Morgan fingerprint density at radius 1 is 1.33 bits per heavy atom. The minimum absolute atomic E-state index is 0.151. The van der Waals surface area contributed by atoms with Gasteiger partial charge in [-0.2, -0.15) is 0 Å². The molecule has 1 saturated heterocycles. The molecule has 1 aliphatic heterocycles. The van der Waals surface area contributed by atoms with E-state index in [2.05, 4.69) is 35.7 Å². The first-order valence-electron chi connectivity index (χ1n) is 8.25. The second-order valence-electron chi connectivity index (χ2n) is 5.98. The van der Waals surface area contributed by atoms with Crippen molar-refractivity contribution in [1.82, 2.24) is 5.32 Å². The zero-order valence-corrected chi connectivity index (χ0v) is 13.6. The first kappa shape index (κ1) is 16.3. The molecule has 24 heavy (non-hydrogen) atoms. The Morgan fingerprint density at radius 3 is 2.75 bits per heavy atom. The van der Waals surface area contributed by atoms with E-state index in [1.54, 1.807) is 0 Å². The van der Waals surface area contributed by atoms with E-state index < -0.39 is 18.1 Å². The fourth-order valence-electron chi connectivity index (χ4n) is 2.83. The van der Waals surface area contributed by atoms with Gasteiger partial charge in [-0.1, -0.05) is 55.5 Å². The van der Waals surface area contributed by atoms with Crippen molar-refractivity contribution in [2.45, 2.75) is 31.9 Å². The molecule has 0 bridgehead atoms. The third kappa shape index (κ3) is 3.67. The zero-order valence-electron chi connectivity index (χ0n) is 13.6. The lowest BCUT2D eigenvalue weighted by Crippen LogP contribution is -2.59. The van der Waals surface area contributed by atoms with Gasteiger partial charge in [-0.3, -0.25) is 0 Å². The van der Waals surface area contributed by atoms with Crippen molar-refractivity contribution in [2.75, 3.05) is 6.61 Å². The van der Waals surface area contributed by atoms with Gasteiger partial charge >= 0.3 is 12.1 Å². The van der Waals surface area contributed by atoms with Crippen molar-refractivity contribution < 1.29 is 19.1 Å². The number of hydrogen-bond acceptors (Lipinski definition) is 4. The standard InChI is InChI=1S/C19H21NO4/c1-2-16-17(18(21)24-16)20-19(22)23-12-13-8-10-15(11-9-13)14-6-4-3-5-7-14/h3-8,10-11,13,16-17H,2,9,12H2,1H3,(H,20,22)/t13?,16-,17+/m0/s1. The summed E-state index contributed by atoms with van der Waals surface area (Å²) in [4.78, 5) is 23.1. The molecule has 1 unspecified atom stereocenters. The maximum atomic E-state index is 11.8. The number of hydrogen-bond donors (Lipinski definition) is 1. The summed E-state index contributed by atoms with van der Waals surface area (Å²) in [6, 6.07) is 9.59. The maximum Gasteiger partial charge on any atom is 0.407 e. The van der Waals surface area contributed by atoms with Crippen molar-refractivity contribution in [3.05, 3.63) is 54.1 Å². The molecule has 1 fully saturated rings. The van der Waals surface area contributed by atoms with Gasteiger partial charge in [-0.05, 0) is 24.0 Å². The Labute approximate surface area is 141 Å². The first-order chi connectivity index (χ1) is 11.7. The Bertz CT molecular complexity index is 665. The number of alkyl carbamates (subject to hydrolysis) is 1. The molecule has 3 atom stereocenters. The minimum atomic E-state index is -0.575. The highest BCUT2D eigenvalue weighted by Crippen LogP contribution is 2.24. The molecule has 3 rings (SSSR count). The van der Waals surface area contributed by atoms with Gasteiger partial charge in [-0.25, -0.2) is 9.59 Å². The highest BCUT2D eigenvalue weighted by atomic mass is 16.6. The Hall–Kier alpha value is -2.56. The van der Waals surface area contributed by atoms with Gasteiger partial charge in [0.2, 0.25) is 0 Å². The summed E-state index contributed by atoms with van der Waals surface area (Å²) in [6.45, 7) is 2.19. The van der Waals surface area contributed by atoms with Crippen LogP contribution in [0.3, 0.4) is 0 Å². The smallest absolute Gasteiger partial charge is 0.407 e. The second kappa shape index (κ2) is 7.34. The van der Waals surface area contributed by atoms with Crippen LogP contribution >= 0.6 is 0 Å². The van der Waals surface area contributed by atoms with Crippen LogP contribution in [0.25, 0.3) is 5.57 Å². The number of allylic oxidation sites excluding steroid dienone is 3. The van der Waals surface area contributed by atoms with Crippen LogP contribution in [0.2, 0.25) is 0 Å². The van der Waals surface area contributed by atoms with E-state index in [9.17, 15) is 9.59 Å². The average Bonchev–Trinajstić information content (AvgIpc) is 2.63. The normalized spacial score (nSPS) is 25.3. The highest BCUT2D eigenvalue weighted by molar-refractivity contribution is 5.86. The monoisotopic (exact) mass is 327 g/mol. The van der Waals surface area contributed by atoms with Crippen LogP contribution in [0.15, 0.2) is 48.6 Å². The third-order valence-electron chi connectivity index (χ3n) is 4.29. The SMILES string of the molecule is CC[C@@H]1OC(=O)[C@@H]1NC(=O)OCC1C=CC(c2ccccc2)=CC1. The van der Waals surface area contributed by atoms with Gasteiger partial charge < -0.3 is 14.8 Å². The zero-order chi connectivity index (χ0) is 16.9. The summed E-state index contributed by atoms with van der Waals surface area (Å²) in [5, 5.41) is 2.57. The molecule has 5 heteroatoms. The molecule has 1 aliphatic carbocycles. The van der Waals surface area contributed by atoms with E-state index in [-0.39, 0.29) is 12.0 Å². The molecule has 5 nitrogen and oxygen atoms in total. The van der Waals surface area contributed by atoms with Crippen molar-refractivity contribution in [2.24, 2.45) is 5.92 Å². The maximum absolute atomic E-state index is 11.8. The number of nitrogens with one attached hydrogen (secondary N) is 1. The van der Waals surface area contributed by atoms with Crippen LogP contribution in [0.1, 0.15) is 25.3 Å². The minimum Gasteiger partial charge on any atom is -0.458 e. The molecule has 1 aromatic carbocycles. The number of benzene rings is 1. The van der Waals surface area contributed by atoms with Crippen molar-refractivity contribution in [1.29, 1.82) is 0 Å². The molecule has 2 aliphatic rings. The number of cyclic esters (lactones) is 1. The molecule has 1 N–H and O–H groups in total. The van der Waals surface area contributed by atoms with Crippen molar-refractivity contribution in [3.63, 3.8) is 0 Å². The van der Waals surface area contributed by atoms with Crippen LogP contribution in [-0.4, -0.2) is 30.8 Å². The fourth-order valence-corrected chi connectivity index (χ4v) is 2.83. The summed E-state index contributed by atoms with van der Waals surface area (Å²) in [5.74, 6) is -0.245. The van der Waals surface area contributed by atoms with Gasteiger partial charge in [0, 0.05) is 5.92 Å². The van der Waals surface area contributed by atoms with Crippen LogP contribution < -0.4 is 5.32 Å². The summed E-state index contributed by atoms with van der Waals surface area (Å²) in [5.41, 5.74) is 2.36. The predicted molar refractivity (Wildman–Crippen MR) is 90.1 cm³/mol.